The summed E-state index contributed by atoms with van der Waals surface area (Å²) in [6.07, 6.45) is 2.95. The molecule has 0 bridgehead atoms. The molecule has 2 rings (SSSR count). The Morgan fingerprint density at radius 1 is 1.41 bits per heavy atom. The highest BCUT2D eigenvalue weighted by Crippen LogP contribution is 2.16. The van der Waals surface area contributed by atoms with Crippen LogP contribution in [0.15, 0.2) is 22.8 Å². The lowest BCUT2D eigenvalue weighted by molar-refractivity contribution is -0.130. The van der Waals surface area contributed by atoms with Gasteiger partial charge in [0.2, 0.25) is 5.91 Å². The van der Waals surface area contributed by atoms with Crippen LogP contribution in [0.3, 0.4) is 0 Å². The van der Waals surface area contributed by atoms with Gasteiger partial charge < -0.3 is 15.1 Å². The van der Waals surface area contributed by atoms with E-state index in [0.29, 0.717) is 19.4 Å². The molecule has 7 heteroatoms. The second kappa shape index (κ2) is 6.64. The molecule has 0 unspecified atom stereocenters. The molecule has 1 fully saturated rings. The third-order valence-corrected chi connectivity index (χ3v) is 3.50. The fourth-order valence-electron chi connectivity index (χ4n) is 2.29. The Balaban J connectivity index is 1.65. The van der Waals surface area contributed by atoms with Gasteiger partial charge in [-0.3, -0.25) is 14.5 Å². The molecule has 0 aliphatic carbocycles. The molecule has 1 aliphatic rings. The van der Waals surface area contributed by atoms with E-state index in [4.69, 9.17) is 4.42 Å². The van der Waals surface area contributed by atoms with Crippen molar-refractivity contribution in [1.29, 1.82) is 0 Å². The molecule has 0 radical (unpaired) electrons. The zero-order valence-electron chi connectivity index (χ0n) is 12.8. The minimum atomic E-state index is -0.859. The summed E-state index contributed by atoms with van der Waals surface area (Å²) in [7, 11) is 0. The van der Waals surface area contributed by atoms with Gasteiger partial charge in [-0.15, -0.1) is 0 Å². The summed E-state index contributed by atoms with van der Waals surface area (Å²) in [6, 6.07) is 3.26. The molecule has 2 N–H and O–H groups in total. The SMILES string of the molecule is CC1(C)NC(=O)N(CCCC(=O)NCCc2ccco2)C1=O. The van der Waals surface area contributed by atoms with Crippen molar-refractivity contribution < 1.29 is 18.8 Å². The number of carbonyl (C=O) groups excluding carboxylic acids is 3. The molecule has 0 atom stereocenters. The van der Waals surface area contributed by atoms with Gasteiger partial charge in [0.05, 0.1) is 6.26 Å². The van der Waals surface area contributed by atoms with Crippen molar-refractivity contribution in [2.75, 3.05) is 13.1 Å². The highest BCUT2D eigenvalue weighted by molar-refractivity contribution is 6.06. The number of hydrogen-bond acceptors (Lipinski definition) is 4. The number of carbonyl (C=O) groups is 3. The molecule has 1 saturated heterocycles. The number of rotatable bonds is 7. The van der Waals surface area contributed by atoms with Gasteiger partial charge in [-0.25, -0.2) is 4.79 Å². The Hall–Kier alpha value is -2.31. The van der Waals surface area contributed by atoms with E-state index in [9.17, 15) is 14.4 Å². The number of hydrogen-bond donors (Lipinski definition) is 2. The van der Waals surface area contributed by atoms with Crippen LogP contribution in [0.25, 0.3) is 0 Å². The maximum atomic E-state index is 11.9. The summed E-state index contributed by atoms with van der Waals surface area (Å²) in [6.45, 7) is 4.07. The van der Waals surface area contributed by atoms with Crippen LogP contribution in [-0.2, 0) is 16.0 Å². The number of urea groups is 1. The molecule has 2 heterocycles. The molecular formula is C15H21N3O4. The Bertz CT molecular complexity index is 551. The molecule has 4 amide bonds. The topological polar surface area (TPSA) is 91.7 Å². The van der Waals surface area contributed by atoms with Gasteiger partial charge in [0, 0.05) is 25.9 Å². The summed E-state index contributed by atoms with van der Waals surface area (Å²) in [5.41, 5.74) is -0.859. The van der Waals surface area contributed by atoms with Gasteiger partial charge in [-0.05, 0) is 32.4 Å². The molecule has 0 aromatic carbocycles. The van der Waals surface area contributed by atoms with Crippen LogP contribution in [0.5, 0.6) is 0 Å². The molecule has 7 nitrogen and oxygen atoms in total. The van der Waals surface area contributed by atoms with Gasteiger partial charge >= 0.3 is 6.03 Å². The molecule has 0 saturated carbocycles. The third-order valence-electron chi connectivity index (χ3n) is 3.50. The lowest BCUT2D eigenvalue weighted by atomic mass is 10.1. The predicted octanol–water partition coefficient (Wildman–Crippen LogP) is 1.05. The zero-order chi connectivity index (χ0) is 16.2. The first-order valence-electron chi connectivity index (χ1n) is 7.33. The van der Waals surface area contributed by atoms with E-state index in [1.807, 2.05) is 6.07 Å². The van der Waals surface area contributed by atoms with Crippen molar-refractivity contribution in [2.45, 2.75) is 38.6 Å². The lowest BCUT2D eigenvalue weighted by Crippen LogP contribution is -2.40. The Morgan fingerprint density at radius 3 is 2.77 bits per heavy atom. The highest BCUT2D eigenvalue weighted by Gasteiger charge is 2.43. The van der Waals surface area contributed by atoms with Crippen molar-refractivity contribution in [3.05, 3.63) is 24.2 Å². The monoisotopic (exact) mass is 307 g/mol. The fourth-order valence-corrected chi connectivity index (χ4v) is 2.29. The van der Waals surface area contributed by atoms with Crippen LogP contribution in [0.4, 0.5) is 4.79 Å². The van der Waals surface area contributed by atoms with Crippen molar-refractivity contribution in [3.63, 3.8) is 0 Å². The van der Waals surface area contributed by atoms with Crippen LogP contribution in [-0.4, -0.2) is 41.4 Å². The zero-order valence-corrected chi connectivity index (χ0v) is 12.8. The summed E-state index contributed by atoms with van der Waals surface area (Å²) < 4.78 is 5.17. The number of nitrogens with zero attached hydrogens (tertiary/aromatic N) is 1. The maximum absolute atomic E-state index is 11.9. The first-order valence-corrected chi connectivity index (χ1v) is 7.33. The van der Waals surface area contributed by atoms with Crippen LogP contribution in [0.1, 0.15) is 32.4 Å². The second-order valence-corrected chi connectivity index (χ2v) is 5.79. The van der Waals surface area contributed by atoms with Gasteiger partial charge in [0.1, 0.15) is 11.3 Å². The fraction of sp³-hybridized carbons (Fsp3) is 0.533. The molecular weight excluding hydrogens is 286 g/mol. The Labute approximate surface area is 129 Å². The standard InChI is InChI=1S/C15H21N3O4/c1-15(2)13(20)18(14(21)17-15)9-3-6-12(19)16-8-7-11-5-4-10-22-11/h4-5,10H,3,6-9H2,1-2H3,(H,16,19)(H,17,21). The van der Waals surface area contributed by atoms with Crippen LogP contribution < -0.4 is 10.6 Å². The largest absolute Gasteiger partial charge is 0.469 e. The van der Waals surface area contributed by atoms with E-state index in [1.54, 1.807) is 26.2 Å². The van der Waals surface area contributed by atoms with Crippen LogP contribution in [0.2, 0.25) is 0 Å². The van der Waals surface area contributed by atoms with E-state index < -0.39 is 11.6 Å². The summed E-state index contributed by atoms with van der Waals surface area (Å²) in [5.74, 6) is 0.468. The van der Waals surface area contributed by atoms with Crippen molar-refractivity contribution in [2.24, 2.45) is 0 Å². The van der Waals surface area contributed by atoms with E-state index in [2.05, 4.69) is 10.6 Å². The van der Waals surface area contributed by atoms with Crippen molar-refractivity contribution >= 4 is 17.8 Å². The van der Waals surface area contributed by atoms with Crippen LogP contribution >= 0.6 is 0 Å². The number of imide groups is 1. The van der Waals surface area contributed by atoms with Gasteiger partial charge in [0.25, 0.3) is 5.91 Å². The first-order chi connectivity index (χ1) is 10.4. The van der Waals surface area contributed by atoms with E-state index in [0.717, 1.165) is 10.7 Å². The summed E-state index contributed by atoms with van der Waals surface area (Å²) in [5, 5.41) is 5.39. The van der Waals surface area contributed by atoms with Crippen molar-refractivity contribution in [3.8, 4) is 0 Å². The third kappa shape index (κ3) is 3.87. The van der Waals surface area contributed by atoms with Gasteiger partial charge in [-0.2, -0.15) is 0 Å². The normalized spacial score (nSPS) is 16.7. The second-order valence-electron chi connectivity index (χ2n) is 5.79. The average molecular weight is 307 g/mol. The van der Waals surface area contributed by atoms with Crippen molar-refractivity contribution in [1.82, 2.24) is 15.5 Å². The van der Waals surface area contributed by atoms with E-state index in [-0.39, 0.29) is 24.8 Å². The van der Waals surface area contributed by atoms with Gasteiger partial charge in [0.15, 0.2) is 0 Å². The minimum absolute atomic E-state index is 0.0992. The number of nitrogens with one attached hydrogen (secondary N) is 2. The number of furan rings is 1. The van der Waals surface area contributed by atoms with Gasteiger partial charge in [-0.1, -0.05) is 0 Å². The summed E-state index contributed by atoms with van der Waals surface area (Å²) >= 11 is 0. The molecule has 0 spiro atoms. The Morgan fingerprint density at radius 2 is 2.18 bits per heavy atom. The number of amides is 4. The van der Waals surface area contributed by atoms with E-state index in [1.165, 1.54) is 0 Å². The predicted molar refractivity (Wildman–Crippen MR) is 79.0 cm³/mol. The van der Waals surface area contributed by atoms with Crippen LogP contribution in [0, 0.1) is 0 Å². The smallest absolute Gasteiger partial charge is 0.325 e. The van der Waals surface area contributed by atoms with E-state index >= 15 is 0 Å². The molecule has 22 heavy (non-hydrogen) atoms. The quantitative estimate of drug-likeness (QED) is 0.737. The molecule has 1 aromatic heterocycles. The molecule has 1 aliphatic heterocycles. The first kappa shape index (κ1) is 16.1. The Kier molecular flexibility index (Phi) is 4.85. The lowest BCUT2D eigenvalue weighted by Gasteiger charge is -2.15. The summed E-state index contributed by atoms with van der Waals surface area (Å²) in [4.78, 5) is 36.5. The minimum Gasteiger partial charge on any atom is -0.469 e. The maximum Gasteiger partial charge on any atom is 0.325 e. The molecule has 1 aromatic rings. The average Bonchev–Trinajstić information content (AvgIpc) is 3.01. The highest BCUT2D eigenvalue weighted by atomic mass is 16.3. The molecule has 120 valence electrons.